The third kappa shape index (κ3) is 5.33. The van der Waals surface area contributed by atoms with Crippen LogP contribution in [-0.2, 0) is 16.0 Å². The second-order valence-corrected chi connectivity index (χ2v) is 9.79. The molecule has 1 saturated heterocycles. The van der Waals surface area contributed by atoms with E-state index in [1.807, 2.05) is 11.0 Å². The Morgan fingerprint density at radius 1 is 1.43 bits per heavy atom. The number of amides is 1. The van der Waals surface area contributed by atoms with E-state index in [1.54, 1.807) is 38.1 Å². The minimum absolute atomic E-state index is 0.0873. The number of thiazole rings is 1. The quantitative estimate of drug-likeness (QED) is 0.366. The van der Waals surface area contributed by atoms with Crippen LogP contribution in [0.5, 0.6) is 0 Å². The number of ether oxygens (including phenoxy) is 2. The number of hydrogen-bond acceptors (Lipinski definition) is 9. The molecule has 3 aromatic rings. The number of halogens is 1. The molecule has 0 saturated carbocycles. The highest BCUT2D eigenvalue weighted by atomic mass is 35.5. The Morgan fingerprint density at radius 2 is 2.22 bits per heavy atom. The van der Waals surface area contributed by atoms with Gasteiger partial charge in [-0.25, -0.2) is 14.8 Å². The molecule has 196 valence electrons. The van der Waals surface area contributed by atoms with Crippen LogP contribution in [0.4, 0.5) is 5.13 Å². The Bertz CT molecular complexity index is 1340. The lowest BCUT2D eigenvalue weighted by Crippen LogP contribution is -2.55. The van der Waals surface area contributed by atoms with Gasteiger partial charge in [0.1, 0.15) is 22.3 Å². The number of aryl methyl sites for hydroxylation is 1. The van der Waals surface area contributed by atoms with Gasteiger partial charge in [-0.1, -0.05) is 22.9 Å². The molecule has 1 aliphatic rings. The van der Waals surface area contributed by atoms with Crippen molar-refractivity contribution < 1.29 is 24.2 Å². The van der Waals surface area contributed by atoms with Crippen LogP contribution in [0, 0.1) is 18.3 Å². The summed E-state index contributed by atoms with van der Waals surface area (Å²) >= 11 is 7.29. The Morgan fingerprint density at radius 3 is 2.86 bits per heavy atom. The molecule has 3 N–H and O–H groups in total. The van der Waals surface area contributed by atoms with Gasteiger partial charge in [0, 0.05) is 51.9 Å². The topological polar surface area (TPSA) is 158 Å². The number of nitrogens with one attached hydrogen (secondary N) is 2. The summed E-state index contributed by atoms with van der Waals surface area (Å²) in [4.78, 5) is 38.8. The SMILES string of the molecule is COCCn1ccnc1-c1nc(N2CC[C@@H](NC(=O)c3[nH]c(C)c(C#N)c3Cl)[C@@H](OC)C2)sc1C(=O)O. The first-order valence-electron chi connectivity index (χ1n) is 11.4. The number of carbonyl (C=O) groups excluding carboxylic acids is 1. The number of carboxylic acids is 1. The van der Waals surface area contributed by atoms with Gasteiger partial charge in [0.25, 0.3) is 5.91 Å². The maximum absolute atomic E-state index is 12.9. The third-order valence-electron chi connectivity index (χ3n) is 6.19. The molecule has 3 aromatic heterocycles. The van der Waals surface area contributed by atoms with Crippen molar-refractivity contribution in [3.63, 3.8) is 0 Å². The van der Waals surface area contributed by atoms with Crippen LogP contribution in [0.2, 0.25) is 5.02 Å². The van der Waals surface area contributed by atoms with Gasteiger partial charge in [-0.05, 0) is 13.3 Å². The summed E-state index contributed by atoms with van der Waals surface area (Å²) in [5, 5.41) is 22.6. The van der Waals surface area contributed by atoms with E-state index >= 15 is 0 Å². The molecule has 4 rings (SSSR count). The summed E-state index contributed by atoms with van der Waals surface area (Å²) < 4.78 is 12.6. The Balaban J connectivity index is 1.52. The van der Waals surface area contributed by atoms with Crippen molar-refractivity contribution in [2.45, 2.75) is 32.0 Å². The summed E-state index contributed by atoms with van der Waals surface area (Å²) in [6.45, 7) is 3.52. The Kier molecular flexibility index (Phi) is 8.13. The number of hydrogen-bond donors (Lipinski definition) is 3. The predicted molar refractivity (Wildman–Crippen MR) is 136 cm³/mol. The zero-order valence-corrected chi connectivity index (χ0v) is 22.0. The molecular formula is C23H26ClN7O5S. The predicted octanol–water partition coefficient (Wildman–Crippen LogP) is 2.54. The van der Waals surface area contributed by atoms with Crippen LogP contribution >= 0.6 is 22.9 Å². The van der Waals surface area contributed by atoms with Crippen molar-refractivity contribution in [1.82, 2.24) is 24.8 Å². The van der Waals surface area contributed by atoms with E-state index in [2.05, 4.69) is 20.3 Å². The molecule has 0 aliphatic carbocycles. The lowest BCUT2D eigenvalue weighted by Gasteiger charge is -2.37. The molecule has 1 aliphatic heterocycles. The summed E-state index contributed by atoms with van der Waals surface area (Å²) in [6, 6.07) is 1.66. The number of carbonyl (C=O) groups is 2. The number of nitrogens with zero attached hydrogens (tertiary/aromatic N) is 5. The molecule has 0 radical (unpaired) electrons. The second kappa shape index (κ2) is 11.3. The number of piperidine rings is 1. The van der Waals surface area contributed by atoms with E-state index < -0.39 is 18.0 Å². The average molecular weight is 548 g/mol. The van der Waals surface area contributed by atoms with E-state index in [0.29, 0.717) is 55.0 Å². The van der Waals surface area contributed by atoms with Crippen LogP contribution < -0.4 is 10.2 Å². The summed E-state index contributed by atoms with van der Waals surface area (Å²) in [5.74, 6) is -1.06. The molecule has 37 heavy (non-hydrogen) atoms. The molecule has 0 unspecified atom stereocenters. The van der Waals surface area contributed by atoms with Gasteiger partial charge >= 0.3 is 5.97 Å². The monoisotopic (exact) mass is 547 g/mol. The molecule has 0 spiro atoms. The van der Waals surface area contributed by atoms with Crippen molar-refractivity contribution >= 4 is 39.9 Å². The van der Waals surface area contributed by atoms with Gasteiger partial charge in [-0.15, -0.1) is 0 Å². The standard InChI is InChI=1S/C23H26ClN7O5S/c1-12-13(10-25)16(24)17(27-12)21(32)28-14-4-6-31(11-15(14)36-3)23-29-18(19(37-23)22(33)34)20-26-5-7-30(20)8-9-35-2/h5,7,14-15,27H,4,6,8-9,11H2,1-3H3,(H,28,32)(H,33,34)/t14-,15+/m1/s1. The zero-order chi connectivity index (χ0) is 26.7. The molecule has 2 atom stereocenters. The lowest BCUT2D eigenvalue weighted by molar-refractivity contribution is 0.0540. The Hall–Kier alpha value is -3.44. The van der Waals surface area contributed by atoms with Crippen molar-refractivity contribution in [3.05, 3.63) is 39.2 Å². The van der Waals surface area contributed by atoms with Crippen LogP contribution in [0.15, 0.2) is 12.4 Å². The molecule has 1 amide bonds. The van der Waals surface area contributed by atoms with Gasteiger partial charge in [0.05, 0.1) is 29.3 Å². The smallest absolute Gasteiger partial charge is 0.348 e. The number of anilines is 1. The number of aromatic carboxylic acids is 1. The zero-order valence-electron chi connectivity index (χ0n) is 20.4. The van der Waals surface area contributed by atoms with E-state index in [1.165, 1.54) is 0 Å². The van der Waals surface area contributed by atoms with Gasteiger partial charge in [-0.3, -0.25) is 4.79 Å². The molecule has 0 aromatic carbocycles. The van der Waals surface area contributed by atoms with Crippen LogP contribution in [0.3, 0.4) is 0 Å². The third-order valence-corrected chi connectivity index (χ3v) is 7.67. The van der Waals surface area contributed by atoms with E-state index in [9.17, 15) is 20.0 Å². The van der Waals surface area contributed by atoms with Gasteiger partial charge in [-0.2, -0.15) is 5.26 Å². The maximum atomic E-state index is 12.9. The highest BCUT2D eigenvalue weighted by molar-refractivity contribution is 7.17. The molecule has 1 fully saturated rings. The number of methoxy groups -OCH3 is 2. The maximum Gasteiger partial charge on any atom is 0.348 e. The first-order valence-corrected chi connectivity index (χ1v) is 12.6. The Labute approximate surface area is 221 Å². The van der Waals surface area contributed by atoms with Gasteiger partial charge < -0.3 is 34.3 Å². The second-order valence-electron chi connectivity index (χ2n) is 8.43. The minimum atomic E-state index is -1.08. The van der Waals surface area contributed by atoms with Crippen molar-refractivity contribution in [3.8, 4) is 17.6 Å². The fourth-order valence-corrected chi connectivity index (χ4v) is 5.51. The van der Waals surface area contributed by atoms with Gasteiger partial charge in [0.2, 0.25) is 0 Å². The molecule has 12 nitrogen and oxygen atoms in total. The number of aromatic amines is 1. The normalized spacial score (nSPS) is 17.5. The highest BCUT2D eigenvalue weighted by Gasteiger charge is 2.34. The number of imidazole rings is 1. The van der Waals surface area contributed by atoms with Gasteiger partial charge in [0.15, 0.2) is 11.0 Å². The number of rotatable bonds is 9. The molecular weight excluding hydrogens is 522 g/mol. The van der Waals surface area contributed by atoms with Crippen LogP contribution in [-0.4, -0.2) is 82.6 Å². The van der Waals surface area contributed by atoms with Crippen molar-refractivity contribution in [2.75, 3.05) is 38.8 Å². The number of carboxylic acid groups (broad SMARTS) is 1. The molecule has 0 bridgehead atoms. The average Bonchev–Trinajstić information content (AvgIpc) is 3.59. The summed E-state index contributed by atoms with van der Waals surface area (Å²) in [5.41, 5.74) is 1.18. The van der Waals surface area contributed by atoms with E-state index in [0.717, 1.165) is 11.3 Å². The first kappa shape index (κ1) is 26.6. The highest BCUT2D eigenvalue weighted by Crippen LogP contribution is 2.34. The molecule has 14 heteroatoms. The number of aromatic nitrogens is 4. The van der Waals surface area contributed by atoms with Crippen molar-refractivity contribution in [1.29, 1.82) is 5.26 Å². The van der Waals surface area contributed by atoms with Crippen molar-refractivity contribution in [2.24, 2.45) is 0 Å². The lowest BCUT2D eigenvalue weighted by atomic mass is 10.0. The first-order chi connectivity index (χ1) is 17.8. The van der Waals surface area contributed by atoms with Crippen LogP contribution in [0.1, 0.15) is 37.8 Å². The largest absolute Gasteiger partial charge is 0.477 e. The summed E-state index contributed by atoms with van der Waals surface area (Å²) in [6.07, 6.45) is 3.48. The fraction of sp³-hybridized carbons (Fsp3) is 0.435. The van der Waals surface area contributed by atoms with E-state index in [-0.39, 0.29) is 27.2 Å². The van der Waals surface area contributed by atoms with Crippen LogP contribution in [0.25, 0.3) is 11.5 Å². The minimum Gasteiger partial charge on any atom is -0.477 e. The number of nitriles is 1. The summed E-state index contributed by atoms with van der Waals surface area (Å²) in [7, 11) is 3.14. The molecule has 4 heterocycles. The number of H-pyrrole nitrogens is 1. The fourth-order valence-electron chi connectivity index (χ4n) is 4.26. The van der Waals surface area contributed by atoms with E-state index in [4.69, 9.17) is 21.1 Å².